The number of hydrogen-bond acceptors (Lipinski definition) is 4. The number of carbonyl (C=O) groups is 1. The van der Waals surface area contributed by atoms with Crippen molar-refractivity contribution in [2.75, 3.05) is 13.1 Å². The number of amides is 1. The molecular weight excluding hydrogens is 230 g/mol. The zero-order valence-electron chi connectivity index (χ0n) is 11.2. The van der Waals surface area contributed by atoms with Crippen molar-refractivity contribution in [3.63, 3.8) is 0 Å². The highest BCUT2D eigenvalue weighted by Gasteiger charge is 2.43. The predicted octanol–water partition coefficient (Wildman–Crippen LogP) is 0.0670. The van der Waals surface area contributed by atoms with Crippen LogP contribution in [0.3, 0.4) is 0 Å². The molecule has 1 aliphatic rings. The quantitative estimate of drug-likeness (QED) is 0.794. The Bertz CT molecular complexity index is 420. The maximum absolute atomic E-state index is 12.4. The number of carbonyl (C=O) groups excluding carboxylic acids is 1. The third kappa shape index (κ3) is 2.38. The molecule has 1 atom stereocenters. The lowest BCUT2D eigenvalue weighted by Gasteiger charge is -2.30. The molecular formula is C12H21N5O. The second-order valence-electron chi connectivity index (χ2n) is 5.25. The lowest BCUT2D eigenvalue weighted by molar-refractivity contribution is -0.132. The summed E-state index contributed by atoms with van der Waals surface area (Å²) < 4.78 is 1.64. The van der Waals surface area contributed by atoms with Crippen molar-refractivity contribution in [3.8, 4) is 0 Å². The van der Waals surface area contributed by atoms with Crippen LogP contribution in [0, 0.1) is 11.3 Å². The Morgan fingerprint density at radius 2 is 2.44 bits per heavy atom. The van der Waals surface area contributed by atoms with Gasteiger partial charge in [-0.05, 0) is 18.9 Å². The van der Waals surface area contributed by atoms with E-state index in [1.165, 1.54) is 0 Å². The van der Waals surface area contributed by atoms with Gasteiger partial charge in [-0.25, -0.2) is 4.98 Å². The summed E-state index contributed by atoms with van der Waals surface area (Å²) in [5, 5.41) is 10.4. The van der Waals surface area contributed by atoms with Crippen LogP contribution in [0.4, 0.5) is 0 Å². The van der Waals surface area contributed by atoms with E-state index in [9.17, 15) is 4.79 Å². The zero-order chi connectivity index (χ0) is 13.2. The van der Waals surface area contributed by atoms with Crippen LogP contribution in [0.15, 0.2) is 6.33 Å². The molecule has 1 amide bonds. The van der Waals surface area contributed by atoms with E-state index >= 15 is 0 Å². The second-order valence-corrected chi connectivity index (χ2v) is 5.25. The fourth-order valence-electron chi connectivity index (χ4n) is 2.46. The Labute approximate surface area is 107 Å². The molecule has 6 heteroatoms. The fraction of sp³-hybridized carbons (Fsp3) is 0.750. The molecule has 0 bridgehead atoms. The van der Waals surface area contributed by atoms with Gasteiger partial charge in [0.15, 0.2) is 5.82 Å². The molecule has 1 saturated heterocycles. The smallest absolute Gasteiger partial charge is 0.228 e. The van der Waals surface area contributed by atoms with Crippen molar-refractivity contribution in [1.29, 1.82) is 0 Å². The van der Waals surface area contributed by atoms with Crippen molar-refractivity contribution in [2.24, 2.45) is 18.4 Å². The average molecular weight is 251 g/mol. The third-order valence-corrected chi connectivity index (χ3v) is 3.80. The van der Waals surface area contributed by atoms with Crippen LogP contribution in [0.1, 0.15) is 26.1 Å². The van der Waals surface area contributed by atoms with Gasteiger partial charge < -0.3 is 10.6 Å². The molecule has 1 unspecified atom stereocenters. The maximum atomic E-state index is 12.4. The molecule has 100 valence electrons. The van der Waals surface area contributed by atoms with Gasteiger partial charge in [-0.1, -0.05) is 13.8 Å². The molecule has 2 rings (SSSR count). The standard InChI is InChI=1S/C12H21N5O/c1-9(2)12(4-5-13-7-12)11(18)14-6-10-15-8-17(3)16-10/h8-9,13H,4-7H2,1-3H3,(H,14,18). The van der Waals surface area contributed by atoms with E-state index in [0.717, 1.165) is 19.5 Å². The Hall–Kier alpha value is -1.43. The van der Waals surface area contributed by atoms with E-state index in [-0.39, 0.29) is 11.3 Å². The van der Waals surface area contributed by atoms with Crippen molar-refractivity contribution in [2.45, 2.75) is 26.8 Å². The number of aromatic nitrogens is 3. The van der Waals surface area contributed by atoms with Gasteiger partial charge in [0.2, 0.25) is 5.91 Å². The van der Waals surface area contributed by atoms with Gasteiger partial charge in [-0.3, -0.25) is 9.48 Å². The summed E-state index contributed by atoms with van der Waals surface area (Å²) in [6.45, 7) is 6.27. The molecule has 0 aromatic carbocycles. The summed E-state index contributed by atoms with van der Waals surface area (Å²) in [5.41, 5.74) is -0.283. The Morgan fingerprint density at radius 3 is 2.94 bits per heavy atom. The van der Waals surface area contributed by atoms with Crippen LogP contribution in [0.25, 0.3) is 0 Å². The topological polar surface area (TPSA) is 71.8 Å². The lowest BCUT2D eigenvalue weighted by atomic mass is 9.75. The first kappa shape index (κ1) is 13.0. The van der Waals surface area contributed by atoms with E-state index < -0.39 is 0 Å². The van der Waals surface area contributed by atoms with Gasteiger partial charge in [0, 0.05) is 13.6 Å². The van der Waals surface area contributed by atoms with Crippen molar-refractivity contribution >= 4 is 5.91 Å². The molecule has 1 aromatic rings. The minimum Gasteiger partial charge on any atom is -0.348 e. The predicted molar refractivity (Wildman–Crippen MR) is 67.6 cm³/mol. The number of rotatable bonds is 4. The van der Waals surface area contributed by atoms with Crippen molar-refractivity contribution in [1.82, 2.24) is 25.4 Å². The van der Waals surface area contributed by atoms with E-state index in [4.69, 9.17) is 0 Å². The van der Waals surface area contributed by atoms with Gasteiger partial charge in [-0.15, -0.1) is 0 Å². The Kier molecular flexibility index (Phi) is 3.65. The summed E-state index contributed by atoms with van der Waals surface area (Å²) in [4.78, 5) is 16.5. The third-order valence-electron chi connectivity index (χ3n) is 3.80. The molecule has 1 fully saturated rings. The number of hydrogen-bond donors (Lipinski definition) is 2. The molecule has 0 aliphatic carbocycles. The van der Waals surface area contributed by atoms with E-state index in [1.54, 1.807) is 11.0 Å². The van der Waals surface area contributed by atoms with Crippen LogP contribution in [0.5, 0.6) is 0 Å². The zero-order valence-corrected chi connectivity index (χ0v) is 11.2. The summed E-state index contributed by atoms with van der Waals surface area (Å²) in [5.74, 6) is 1.08. The molecule has 2 N–H and O–H groups in total. The molecule has 0 spiro atoms. The number of nitrogens with zero attached hydrogens (tertiary/aromatic N) is 3. The van der Waals surface area contributed by atoms with E-state index in [2.05, 4.69) is 34.6 Å². The average Bonchev–Trinajstić information content (AvgIpc) is 2.95. The molecule has 0 radical (unpaired) electrons. The summed E-state index contributed by atoms with van der Waals surface area (Å²) in [7, 11) is 1.81. The van der Waals surface area contributed by atoms with Gasteiger partial charge in [0.25, 0.3) is 0 Å². The highest BCUT2D eigenvalue weighted by Crippen LogP contribution is 2.34. The van der Waals surface area contributed by atoms with Crippen molar-refractivity contribution in [3.05, 3.63) is 12.2 Å². The van der Waals surface area contributed by atoms with Crippen molar-refractivity contribution < 1.29 is 4.79 Å². The normalized spacial score (nSPS) is 23.6. The molecule has 2 heterocycles. The molecule has 1 aliphatic heterocycles. The highest BCUT2D eigenvalue weighted by molar-refractivity contribution is 5.83. The van der Waals surface area contributed by atoms with Crippen LogP contribution in [-0.4, -0.2) is 33.8 Å². The van der Waals surface area contributed by atoms with Gasteiger partial charge in [0.1, 0.15) is 6.33 Å². The monoisotopic (exact) mass is 251 g/mol. The number of nitrogens with one attached hydrogen (secondary N) is 2. The molecule has 18 heavy (non-hydrogen) atoms. The van der Waals surface area contributed by atoms with Crippen LogP contribution >= 0.6 is 0 Å². The maximum Gasteiger partial charge on any atom is 0.228 e. The van der Waals surface area contributed by atoms with Gasteiger partial charge in [-0.2, -0.15) is 5.10 Å². The molecule has 0 saturated carbocycles. The SMILES string of the molecule is CC(C)C1(C(=O)NCc2ncn(C)n2)CCNC1. The second kappa shape index (κ2) is 5.06. The Morgan fingerprint density at radius 1 is 1.67 bits per heavy atom. The first-order chi connectivity index (χ1) is 8.54. The van der Waals surface area contributed by atoms with E-state index in [0.29, 0.717) is 18.3 Å². The van der Waals surface area contributed by atoms with E-state index in [1.807, 2.05) is 7.05 Å². The first-order valence-corrected chi connectivity index (χ1v) is 6.38. The highest BCUT2D eigenvalue weighted by atomic mass is 16.2. The van der Waals surface area contributed by atoms with Crippen LogP contribution in [-0.2, 0) is 18.4 Å². The minimum atomic E-state index is -0.283. The van der Waals surface area contributed by atoms with Gasteiger partial charge in [0.05, 0.1) is 12.0 Å². The van der Waals surface area contributed by atoms with Crippen LogP contribution in [0.2, 0.25) is 0 Å². The molecule has 6 nitrogen and oxygen atoms in total. The minimum absolute atomic E-state index is 0.106. The fourth-order valence-corrected chi connectivity index (χ4v) is 2.46. The summed E-state index contributed by atoms with van der Waals surface area (Å²) >= 11 is 0. The Balaban J connectivity index is 1.98. The first-order valence-electron chi connectivity index (χ1n) is 6.38. The summed E-state index contributed by atoms with van der Waals surface area (Å²) in [6.07, 6.45) is 2.53. The lowest BCUT2D eigenvalue weighted by Crippen LogP contribution is -2.45. The molecule has 1 aromatic heterocycles. The van der Waals surface area contributed by atoms with Gasteiger partial charge >= 0.3 is 0 Å². The largest absolute Gasteiger partial charge is 0.348 e. The number of aryl methyl sites for hydroxylation is 1. The van der Waals surface area contributed by atoms with Crippen LogP contribution < -0.4 is 10.6 Å². The summed E-state index contributed by atoms with van der Waals surface area (Å²) in [6, 6.07) is 0.